The van der Waals surface area contributed by atoms with Gasteiger partial charge in [0.1, 0.15) is 0 Å². The predicted octanol–water partition coefficient (Wildman–Crippen LogP) is 1.83. The number of hydrogen-bond donors (Lipinski definition) is 0. The fraction of sp³-hybridized carbons (Fsp3) is 0.111. The van der Waals surface area contributed by atoms with Crippen LogP contribution in [0.15, 0.2) is 30.3 Å². The van der Waals surface area contributed by atoms with Crippen LogP contribution in [0.4, 0.5) is 0 Å². The number of hydrogen-bond acceptors (Lipinski definition) is 4. The third kappa shape index (κ3) is 1.93. The number of aromatic nitrogens is 4. The van der Waals surface area contributed by atoms with Gasteiger partial charge in [0, 0.05) is 5.56 Å². The first-order valence-electron chi connectivity index (χ1n) is 4.08. The zero-order chi connectivity index (χ0) is 9.80. The highest BCUT2D eigenvalue weighted by molar-refractivity contribution is 9.08. The largest absolute Gasteiger partial charge is 0.203 e. The molecule has 0 unspecified atom stereocenters. The molecule has 0 saturated heterocycles. The molecule has 2 aromatic rings. The Kier molecular flexibility index (Phi) is 2.78. The molecule has 0 bridgehead atoms. The Bertz CT molecular complexity index is 401. The van der Waals surface area contributed by atoms with Crippen molar-refractivity contribution >= 4 is 15.9 Å². The van der Waals surface area contributed by atoms with E-state index in [0.29, 0.717) is 17.0 Å². The van der Waals surface area contributed by atoms with Gasteiger partial charge in [0.05, 0.1) is 5.33 Å². The number of alkyl halides is 1. The minimum absolute atomic E-state index is 0.551. The maximum absolute atomic E-state index is 3.97. The van der Waals surface area contributed by atoms with Crippen molar-refractivity contribution in [2.24, 2.45) is 0 Å². The van der Waals surface area contributed by atoms with E-state index in [-0.39, 0.29) is 0 Å². The Morgan fingerprint density at radius 3 is 2.14 bits per heavy atom. The van der Waals surface area contributed by atoms with Crippen molar-refractivity contribution in [3.05, 3.63) is 36.2 Å². The summed E-state index contributed by atoms with van der Waals surface area (Å²) in [6, 6.07) is 9.64. The summed E-state index contributed by atoms with van der Waals surface area (Å²) in [4.78, 5) is 0. The molecule has 0 atom stereocenters. The van der Waals surface area contributed by atoms with E-state index in [1.54, 1.807) is 0 Å². The molecular weight excluding hydrogens is 244 g/mol. The van der Waals surface area contributed by atoms with Crippen LogP contribution in [0.2, 0.25) is 0 Å². The summed E-state index contributed by atoms with van der Waals surface area (Å²) in [7, 11) is 0. The first-order chi connectivity index (χ1) is 6.90. The van der Waals surface area contributed by atoms with E-state index < -0.39 is 0 Å². The number of rotatable bonds is 2. The topological polar surface area (TPSA) is 51.6 Å². The highest BCUT2D eigenvalue weighted by atomic mass is 79.9. The standard InChI is InChI=1S/C9H7BrN4/c10-6-8-11-13-9(14-12-8)7-4-2-1-3-5-7/h1-5H,6H2. The zero-order valence-corrected chi connectivity index (χ0v) is 8.85. The Hall–Kier alpha value is -1.36. The molecule has 0 aliphatic rings. The average molecular weight is 251 g/mol. The molecule has 1 heterocycles. The van der Waals surface area contributed by atoms with Crippen LogP contribution in [-0.4, -0.2) is 20.4 Å². The van der Waals surface area contributed by atoms with Crippen molar-refractivity contribution in [1.82, 2.24) is 20.4 Å². The van der Waals surface area contributed by atoms with Crippen molar-refractivity contribution in [1.29, 1.82) is 0 Å². The SMILES string of the molecule is BrCc1nnc(-c2ccccc2)nn1. The fourth-order valence-electron chi connectivity index (χ4n) is 1.01. The van der Waals surface area contributed by atoms with Crippen LogP contribution in [0.1, 0.15) is 5.82 Å². The Labute approximate surface area is 89.5 Å². The highest BCUT2D eigenvalue weighted by Gasteiger charge is 2.01. The molecule has 0 saturated carbocycles. The van der Waals surface area contributed by atoms with Crippen LogP contribution >= 0.6 is 15.9 Å². The first-order valence-corrected chi connectivity index (χ1v) is 5.20. The highest BCUT2D eigenvalue weighted by Crippen LogP contribution is 2.11. The van der Waals surface area contributed by atoms with Crippen LogP contribution in [0, 0.1) is 0 Å². The summed E-state index contributed by atoms with van der Waals surface area (Å²) in [5, 5.41) is 16.3. The smallest absolute Gasteiger partial charge is 0.130 e. The van der Waals surface area contributed by atoms with Gasteiger partial charge < -0.3 is 0 Å². The quantitative estimate of drug-likeness (QED) is 0.764. The lowest BCUT2D eigenvalue weighted by Crippen LogP contribution is -2.00. The lowest BCUT2D eigenvalue weighted by molar-refractivity contribution is 0.811. The molecule has 14 heavy (non-hydrogen) atoms. The van der Waals surface area contributed by atoms with Gasteiger partial charge in [0.15, 0.2) is 5.82 Å². The van der Waals surface area contributed by atoms with Crippen LogP contribution in [0.25, 0.3) is 11.4 Å². The molecule has 0 N–H and O–H groups in total. The van der Waals surface area contributed by atoms with Crippen LogP contribution in [0.5, 0.6) is 0 Å². The first kappa shape index (κ1) is 9.21. The molecule has 1 aromatic carbocycles. The predicted molar refractivity (Wildman–Crippen MR) is 55.7 cm³/mol. The molecular formula is C9H7BrN4. The maximum Gasteiger partial charge on any atom is 0.203 e. The molecule has 0 aliphatic carbocycles. The minimum atomic E-state index is 0.551. The van der Waals surface area contributed by atoms with Crippen LogP contribution in [-0.2, 0) is 5.33 Å². The Morgan fingerprint density at radius 1 is 0.929 bits per heavy atom. The van der Waals surface area contributed by atoms with Crippen molar-refractivity contribution in [2.75, 3.05) is 0 Å². The maximum atomic E-state index is 3.97. The number of nitrogens with zero attached hydrogens (tertiary/aromatic N) is 4. The summed E-state index contributed by atoms with van der Waals surface area (Å²) in [6.45, 7) is 0. The van der Waals surface area contributed by atoms with Gasteiger partial charge >= 0.3 is 0 Å². The van der Waals surface area contributed by atoms with E-state index in [1.807, 2.05) is 30.3 Å². The fourth-order valence-corrected chi connectivity index (χ4v) is 1.23. The second-order valence-electron chi connectivity index (χ2n) is 2.64. The number of halogens is 1. The van der Waals surface area contributed by atoms with Crippen molar-refractivity contribution in [3.63, 3.8) is 0 Å². The van der Waals surface area contributed by atoms with Gasteiger partial charge in [-0.3, -0.25) is 0 Å². The Morgan fingerprint density at radius 2 is 1.57 bits per heavy atom. The van der Waals surface area contributed by atoms with Gasteiger partial charge in [-0.05, 0) is 0 Å². The lowest BCUT2D eigenvalue weighted by atomic mass is 10.2. The zero-order valence-electron chi connectivity index (χ0n) is 7.26. The van der Waals surface area contributed by atoms with Crippen molar-refractivity contribution < 1.29 is 0 Å². The molecule has 5 heteroatoms. The molecule has 0 amide bonds. The second-order valence-corrected chi connectivity index (χ2v) is 3.20. The molecule has 1 aromatic heterocycles. The molecule has 2 rings (SSSR count). The van der Waals surface area contributed by atoms with E-state index >= 15 is 0 Å². The molecule has 0 spiro atoms. The summed E-state index contributed by atoms with van der Waals surface area (Å²) in [6.07, 6.45) is 0. The van der Waals surface area contributed by atoms with Gasteiger partial charge in [-0.2, -0.15) is 0 Å². The summed E-state index contributed by atoms with van der Waals surface area (Å²) in [5.41, 5.74) is 0.925. The molecule has 4 nitrogen and oxygen atoms in total. The summed E-state index contributed by atoms with van der Waals surface area (Å²) >= 11 is 3.23. The monoisotopic (exact) mass is 250 g/mol. The molecule has 0 fully saturated rings. The average Bonchev–Trinajstić information content (AvgIpc) is 2.30. The van der Waals surface area contributed by atoms with Crippen molar-refractivity contribution in [3.8, 4) is 11.4 Å². The second kappa shape index (κ2) is 4.23. The number of benzene rings is 1. The van der Waals surface area contributed by atoms with Crippen LogP contribution < -0.4 is 0 Å². The van der Waals surface area contributed by atoms with E-state index in [2.05, 4.69) is 36.3 Å². The van der Waals surface area contributed by atoms with Gasteiger partial charge in [0.25, 0.3) is 0 Å². The summed E-state index contributed by atoms with van der Waals surface area (Å²) in [5.74, 6) is 1.14. The third-order valence-electron chi connectivity index (χ3n) is 1.67. The lowest BCUT2D eigenvalue weighted by Gasteiger charge is -1.97. The van der Waals surface area contributed by atoms with Crippen molar-refractivity contribution in [2.45, 2.75) is 5.33 Å². The molecule has 70 valence electrons. The molecule has 0 aliphatic heterocycles. The van der Waals surface area contributed by atoms with E-state index in [1.165, 1.54) is 0 Å². The summed E-state index contributed by atoms with van der Waals surface area (Å²) < 4.78 is 0. The van der Waals surface area contributed by atoms with Gasteiger partial charge in [-0.25, -0.2) is 0 Å². The van der Waals surface area contributed by atoms with Gasteiger partial charge in [-0.15, -0.1) is 20.4 Å². The molecule has 0 radical (unpaired) electrons. The van der Waals surface area contributed by atoms with E-state index in [4.69, 9.17) is 0 Å². The minimum Gasteiger partial charge on any atom is -0.130 e. The normalized spacial score (nSPS) is 10.1. The van der Waals surface area contributed by atoms with E-state index in [0.717, 1.165) is 5.56 Å². The Balaban J connectivity index is 2.34. The van der Waals surface area contributed by atoms with Crippen LogP contribution in [0.3, 0.4) is 0 Å². The van der Waals surface area contributed by atoms with Gasteiger partial charge in [0.2, 0.25) is 5.82 Å². The third-order valence-corrected chi connectivity index (χ3v) is 2.17. The van der Waals surface area contributed by atoms with Gasteiger partial charge in [-0.1, -0.05) is 46.3 Å². The van der Waals surface area contributed by atoms with E-state index in [9.17, 15) is 0 Å².